The fourth-order valence-electron chi connectivity index (χ4n) is 2.56. The zero-order valence-corrected chi connectivity index (χ0v) is 20.1. The number of hydrogen-bond donors (Lipinski definition) is 1. The van der Waals surface area contributed by atoms with E-state index < -0.39 is 5.97 Å². The molecule has 3 aromatic rings. The van der Waals surface area contributed by atoms with Gasteiger partial charge in [-0.1, -0.05) is 0 Å². The topological polar surface area (TPSA) is 157 Å². The van der Waals surface area contributed by atoms with Crippen molar-refractivity contribution < 1.29 is 38.4 Å². The van der Waals surface area contributed by atoms with Crippen molar-refractivity contribution >= 4 is 17.9 Å². The van der Waals surface area contributed by atoms with E-state index in [9.17, 15) is 24.8 Å². The summed E-state index contributed by atoms with van der Waals surface area (Å²) in [6, 6.07) is 9.78. The van der Waals surface area contributed by atoms with E-state index in [-0.39, 0.29) is 24.8 Å². The number of pyridine rings is 3. The van der Waals surface area contributed by atoms with Crippen molar-refractivity contribution in [3.63, 3.8) is 0 Å². The van der Waals surface area contributed by atoms with Crippen LogP contribution in [0.3, 0.4) is 0 Å². The van der Waals surface area contributed by atoms with Crippen molar-refractivity contribution in [3.8, 4) is 0 Å². The van der Waals surface area contributed by atoms with E-state index in [1.807, 2.05) is 0 Å². The number of hydrogen-bond acceptors (Lipinski definition) is 8. The SMILES string of the molecule is CCOC(=O)Cc1cc[n+]([O-])cc1.CCOC(=O)Cc1ccncc1.O=C(O)Cc1cc[n+]([O-])cc1. The van der Waals surface area contributed by atoms with Crippen LogP contribution in [0.5, 0.6) is 0 Å². The average Bonchev–Trinajstić information content (AvgIpc) is 2.84. The van der Waals surface area contributed by atoms with Crippen LogP contribution < -0.4 is 9.46 Å². The molecule has 3 heterocycles. The Morgan fingerprint density at radius 3 is 1.44 bits per heavy atom. The molecule has 0 aliphatic heterocycles. The van der Waals surface area contributed by atoms with Crippen LogP contribution in [-0.4, -0.2) is 41.2 Å². The Kier molecular flexibility index (Phi) is 13.9. The van der Waals surface area contributed by atoms with Gasteiger partial charge in [0.1, 0.15) is 0 Å². The highest BCUT2D eigenvalue weighted by molar-refractivity contribution is 5.72. The molecule has 0 aliphatic carbocycles. The molecular formula is C25H29N3O8. The lowest BCUT2D eigenvalue weighted by Gasteiger charge is -2.01. The van der Waals surface area contributed by atoms with Gasteiger partial charge in [-0.3, -0.25) is 19.4 Å². The highest BCUT2D eigenvalue weighted by Gasteiger charge is 2.04. The summed E-state index contributed by atoms with van der Waals surface area (Å²) in [4.78, 5) is 36.0. The number of nitrogens with zero attached hydrogens (tertiary/aromatic N) is 3. The lowest BCUT2D eigenvalue weighted by molar-refractivity contribution is -0.605. The fourth-order valence-corrected chi connectivity index (χ4v) is 2.56. The number of esters is 2. The molecule has 0 atom stereocenters. The van der Waals surface area contributed by atoms with Crippen molar-refractivity contribution in [3.05, 3.63) is 101 Å². The molecule has 0 saturated carbocycles. The zero-order valence-electron chi connectivity index (χ0n) is 20.1. The van der Waals surface area contributed by atoms with Gasteiger partial charge >= 0.3 is 17.9 Å². The second-order valence-corrected chi connectivity index (χ2v) is 7.02. The predicted molar refractivity (Wildman–Crippen MR) is 127 cm³/mol. The van der Waals surface area contributed by atoms with Gasteiger partial charge in [0.2, 0.25) is 0 Å². The van der Waals surface area contributed by atoms with Gasteiger partial charge in [-0.05, 0) is 42.7 Å². The molecule has 0 bridgehead atoms. The molecule has 11 heteroatoms. The second kappa shape index (κ2) is 17.0. The predicted octanol–water partition coefficient (Wildman–Crippen LogP) is 1.56. The molecule has 0 spiro atoms. The molecule has 0 radical (unpaired) electrons. The summed E-state index contributed by atoms with van der Waals surface area (Å²) in [7, 11) is 0. The number of carbonyl (C=O) groups excluding carboxylic acids is 2. The molecule has 192 valence electrons. The van der Waals surface area contributed by atoms with Gasteiger partial charge in [0, 0.05) is 36.7 Å². The molecule has 36 heavy (non-hydrogen) atoms. The highest BCUT2D eigenvalue weighted by atomic mass is 16.5. The number of aliphatic carboxylic acids is 1. The van der Waals surface area contributed by atoms with Gasteiger partial charge < -0.3 is 25.0 Å². The van der Waals surface area contributed by atoms with Crippen LogP contribution in [0.4, 0.5) is 0 Å². The third-order valence-corrected chi connectivity index (χ3v) is 4.15. The molecule has 3 aromatic heterocycles. The molecule has 0 unspecified atom stereocenters. The Hall–Kier alpha value is -4.54. The van der Waals surface area contributed by atoms with E-state index in [4.69, 9.17) is 14.6 Å². The monoisotopic (exact) mass is 499 g/mol. The summed E-state index contributed by atoms with van der Waals surface area (Å²) in [6.45, 7) is 4.37. The van der Waals surface area contributed by atoms with E-state index in [0.717, 1.165) is 11.1 Å². The smallest absolute Gasteiger partial charge is 0.310 e. The Morgan fingerprint density at radius 1 is 0.722 bits per heavy atom. The highest BCUT2D eigenvalue weighted by Crippen LogP contribution is 1.99. The summed E-state index contributed by atoms with van der Waals surface area (Å²) >= 11 is 0. The van der Waals surface area contributed by atoms with Crippen molar-refractivity contribution in [2.24, 2.45) is 0 Å². The van der Waals surface area contributed by atoms with Crippen LogP contribution in [0.15, 0.2) is 73.6 Å². The second-order valence-electron chi connectivity index (χ2n) is 7.02. The Balaban J connectivity index is 0.000000271. The molecule has 3 rings (SSSR count). The minimum Gasteiger partial charge on any atom is -0.619 e. The quantitative estimate of drug-likeness (QED) is 0.276. The first-order chi connectivity index (χ1) is 17.2. The Labute approximate surface area is 208 Å². The number of carboxylic acid groups (broad SMARTS) is 1. The van der Waals surface area contributed by atoms with Gasteiger partial charge in [-0.25, -0.2) is 0 Å². The van der Waals surface area contributed by atoms with Gasteiger partial charge in [-0.2, -0.15) is 9.46 Å². The standard InChI is InChI=1S/C9H11NO3.C9H11NO2.C7H7NO3/c1-2-13-9(11)7-8-3-5-10(12)6-4-8;1-2-12-9(11)7-8-3-5-10-6-4-8;9-7(10)5-6-1-3-8(11)4-2-6/h3-6H,2,7H2,1H3;3-6H,2,7H2,1H3;1-4H,5H2,(H,9,10). The number of rotatable bonds is 8. The maximum Gasteiger partial charge on any atom is 0.310 e. The number of aromatic nitrogens is 3. The molecule has 0 saturated heterocycles. The summed E-state index contributed by atoms with van der Waals surface area (Å²) in [5.74, 6) is -1.36. The van der Waals surface area contributed by atoms with E-state index >= 15 is 0 Å². The van der Waals surface area contributed by atoms with Crippen molar-refractivity contribution in [2.45, 2.75) is 33.1 Å². The molecule has 1 N–H and O–H groups in total. The van der Waals surface area contributed by atoms with E-state index in [0.29, 0.717) is 34.7 Å². The van der Waals surface area contributed by atoms with Gasteiger partial charge in [-0.15, -0.1) is 0 Å². The number of carboxylic acids is 1. The lowest BCUT2D eigenvalue weighted by Crippen LogP contribution is -2.24. The largest absolute Gasteiger partial charge is 0.619 e. The van der Waals surface area contributed by atoms with E-state index in [1.54, 1.807) is 50.5 Å². The summed E-state index contributed by atoms with van der Waals surface area (Å²) < 4.78 is 10.8. The molecule has 0 aromatic carbocycles. The minimum atomic E-state index is -0.895. The van der Waals surface area contributed by atoms with Crippen LogP contribution in [0, 0.1) is 10.4 Å². The van der Waals surface area contributed by atoms with Crippen LogP contribution in [0.25, 0.3) is 0 Å². The number of ether oxygens (including phenoxy) is 2. The van der Waals surface area contributed by atoms with Crippen LogP contribution >= 0.6 is 0 Å². The van der Waals surface area contributed by atoms with Crippen LogP contribution in [-0.2, 0) is 43.1 Å². The summed E-state index contributed by atoms with van der Waals surface area (Å²) in [5.41, 5.74) is 2.35. The van der Waals surface area contributed by atoms with Gasteiger partial charge in [0.05, 0.1) is 32.5 Å². The average molecular weight is 500 g/mol. The van der Waals surface area contributed by atoms with E-state index in [1.165, 1.54) is 36.9 Å². The number of carbonyl (C=O) groups is 3. The maximum absolute atomic E-state index is 11.0. The van der Waals surface area contributed by atoms with Crippen LogP contribution in [0.2, 0.25) is 0 Å². The zero-order chi connectivity index (χ0) is 26.8. The molecule has 0 amide bonds. The van der Waals surface area contributed by atoms with E-state index in [2.05, 4.69) is 4.98 Å². The normalized spacial score (nSPS) is 9.50. The molecular weight excluding hydrogens is 470 g/mol. The third kappa shape index (κ3) is 13.9. The summed E-state index contributed by atoms with van der Waals surface area (Å²) in [5, 5.41) is 29.5. The first-order valence-corrected chi connectivity index (χ1v) is 11.0. The third-order valence-electron chi connectivity index (χ3n) is 4.15. The molecule has 11 nitrogen and oxygen atoms in total. The van der Waals surface area contributed by atoms with Crippen LogP contribution in [0.1, 0.15) is 30.5 Å². The lowest BCUT2D eigenvalue weighted by atomic mass is 10.2. The molecule has 0 aliphatic rings. The maximum atomic E-state index is 11.0. The van der Waals surface area contributed by atoms with Crippen molar-refractivity contribution in [1.29, 1.82) is 0 Å². The van der Waals surface area contributed by atoms with Crippen molar-refractivity contribution in [2.75, 3.05) is 13.2 Å². The first kappa shape index (κ1) is 29.5. The Morgan fingerprint density at radius 2 is 1.08 bits per heavy atom. The Bertz CT molecular complexity index is 1060. The minimum absolute atomic E-state index is 0.0408. The summed E-state index contributed by atoms with van der Waals surface area (Å²) in [6.07, 6.45) is 9.09. The fraction of sp³-hybridized carbons (Fsp3) is 0.280. The molecule has 0 fully saturated rings. The first-order valence-electron chi connectivity index (χ1n) is 11.0. The van der Waals surface area contributed by atoms with Crippen molar-refractivity contribution in [1.82, 2.24) is 4.98 Å². The van der Waals surface area contributed by atoms with Gasteiger partial charge in [0.15, 0.2) is 24.8 Å². The van der Waals surface area contributed by atoms with Gasteiger partial charge in [0.25, 0.3) is 0 Å².